The van der Waals surface area contributed by atoms with Gasteiger partial charge in [0.25, 0.3) is 0 Å². The largest absolute Gasteiger partial charge is 0.444 e. The van der Waals surface area contributed by atoms with E-state index in [1.165, 1.54) is 18.4 Å². The van der Waals surface area contributed by atoms with Crippen molar-refractivity contribution < 1.29 is 9.53 Å². The molecule has 7 heteroatoms. The van der Waals surface area contributed by atoms with E-state index in [0.717, 1.165) is 43.6 Å². The number of para-hydroxylation sites is 1. The van der Waals surface area contributed by atoms with Crippen molar-refractivity contribution in [2.75, 3.05) is 26.2 Å². The zero-order valence-corrected chi connectivity index (χ0v) is 17.9. The van der Waals surface area contributed by atoms with Crippen molar-refractivity contribution >= 4 is 17.1 Å². The molecule has 29 heavy (non-hydrogen) atoms. The van der Waals surface area contributed by atoms with Crippen LogP contribution in [0.3, 0.4) is 0 Å². The van der Waals surface area contributed by atoms with Crippen LogP contribution in [-0.4, -0.2) is 63.3 Å². The number of carbonyl (C=O) groups is 1. The lowest BCUT2D eigenvalue weighted by Gasteiger charge is -2.46. The van der Waals surface area contributed by atoms with Gasteiger partial charge in [-0.1, -0.05) is 12.1 Å². The Balaban J connectivity index is 1.28. The van der Waals surface area contributed by atoms with Crippen molar-refractivity contribution in [1.82, 2.24) is 19.4 Å². The second-order valence-electron chi connectivity index (χ2n) is 9.50. The minimum Gasteiger partial charge on any atom is -0.444 e. The number of piperazine rings is 1. The van der Waals surface area contributed by atoms with E-state index < -0.39 is 5.60 Å². The van der Waals surface area contributed by atoms with Crippen molar-refractivity contribution in [2.24, 2.45) is 13.0 Å². The quantitative estimate of drug-likeness (QED) is 0.860. The van der Waals surface area contributed by atoms with Crippen LogP contribution in [0, 0.1) is 5.92 Å². The van der Waals surface area contributed by atoms with E-state index in [4.69, 9.17) is 4.74 Å². The number of nitrogens with zero attached hydrogens (tertiary/aromatic N) is 3. The molecule has 2 aliphatic rings. The Labute approximate surface area is 171 Å². The summed E-state index contributed by atoms with van der Waals surface area (Å²) in [5, 5.41) is 0. The van der Waals surface area contributed by atoms with Crippen molar-refractivity contribution in [1.29, 1.82) is 0 Å². The lowest BCUT2D eigenvalue weighted by Crippen LogP contribution is -2.55. The number of benzene rings is 1. The zero-order chi connectivity index (χ0) is 20.8. The molecule has 1 aromatic heterocycles. The van der Waals surface area contributed by atoms with Crippen molar-refractivity contribution in [2.45, 2.75) is 51.7 Å². The Morgan fingerprint density at radius 3 is 2.52 bits per heavy atom. The van der Waals surface area contributed by atoms with Gasteiger partial charge in [0.15, 0.2) is 0 Å². The summed E-state index contributed by atoms with van der Waals surface area (Å²) in [6.45, 7) is 9.02. The van der Waals surface area contributed by atoms with Crippen LogP contribution < -0.4 is 5.69 Å². The van der Waals surface area contributed by atoms with Crippen LogP contribution in [0.5, 0.6) is 0 Å². The number of aryl methyl sites for hydroxylation is 1. The summed E-state index contributed by atoms with van der Waals surface area (Å²) < 4.78 is 7.20. The van der Waals surface area contributed by atoms with Gasteiger partial charge in [0, 0.05) is 39.3 Å². The molecule has 158 valence electrons. The molecule has 1 aliphatic heterocycles. The maximum absolute atomic E-state index is 12.2. The molecule has 0 bridgehead atoms. The van der Waals surface area contributed by atoms with Crippen LogP contribution in [0.4, 0.5) is 4.79 Å². The molecule has 1 amide bonds. The Kier molecular flexibility index (Phi) is 5.19. The Morgan fingerprint density at radius 1 is 1.17 bits per heavy atom. The van der Waals surface area contributed by atoms with E-state index in [-0.39, 0.29) is 11.8 Å². The van der Waals surface area contributed by atoms with Gasteiger partial charge in [-0.15, -0.1) is 0 Å². The molecule has 1 saturated heterocycles. The summed E-state index contributed by atoms with van der Waals surface area (Å²) in [5.41, 5.74) is 2.71. The molecule has 0 spiro atoms. The summed E-state index contributed by atoms with van der Waals surface area (Å²) in [6.07, 6.45) is 3.17. The average molecular weight is 401 g/mol. The average Bonchev–Trinajstić information content (AvgIpc) is 2.91. The molecule has 2 fully saturated rings. The number of H-pyrrole nitrogens is 1. The molecule has 4 rings (SSSR count). The first-order chi connectivity index (χ1) is 13.7. The molecule has 1 aromatic carbocycles. The Hall–Kier alpha value is -2.28. The molecule has 1 saturated carbocycles. The highest BCUT2D eigenvalue weighted by molar-refractivity contribution is 5.79. The van der Waals surface area contributed by atoms with Gasteiger partial charge in [-0.2, -0.15) is 0 Å². The second-order valence-corrected chi connectivity index (χ2v) is 9.50. The predicted molar refractivity (Wildman–Crippen MR) is 113 cm³/mol. The molecule has 1 aliphatic carbocycles. The summed E-state index contributed by atoms with van der Waals surface area (Å²) in [5.74, 6) is 0.652. The number of aromatic amines is 1. The van der Waals surface area contributed by atoms with Gasteiger partial charge >= 0.3 is 11.8 Å². The maximum Gasteiger partial charge on any atom is 0.410 e. The van der Waals surface area contributed by atoms with Crippen LogP contribution >= 0.6 is 0 Å². The van der Waals surface area contributed by atoms with E-state index in [2.05, 4.69) is 16.0 Å². The fraction of sp³-hybridized carbons (Fsp3) is 0.636. The number of fused-ring (bicyclic) bond motifs is 1. The molecular weight excluding hydrogens is 368 g/mol. The van der Waals surface area contributed by atoms with Crippen LogP contribution in [0.1, 0.15) is 39.2 Å². The highest BCUT2D eigenvalue weighted by Crippen LogP contribution is 2.36. The molecular formula is C22H32N4O3. The minimum absolute atomic E-state index is 0.0539. The maximum atomic E-state index is 12.2. The smallest absolute Gasteiger partial charge is 0.410 e. The number of ether oxygens (including phenoxy) is 1. The molecule has 7 nitrogen and oxygen atoms in total. The van der Waals surface area contributed by atoms with Gasteiger partial charge in [0.05, 0.1) is 11.0 Å². The highest BCUT2D eigenvalue weighted by Gasteiger charge is 2.36. The predicted octanol–water partition coefficient (Wildman–Crippen LogP) is 2.74. The second kappa shape index (κ2) is 7.52. The fourth-order valence-electron chi connectivity index (χ4n) is 4.63. The van der Waals surface area contributed by atoms with Gasteiger partial charge in [0.1, 0.15) is 5.60 Å². The fourth-order valence-corrected chi connectivity index (χ4v) is 4.63. The first-order valence-electron chi connectivity index (χ1n) is 10.6. The molecule has 2 heterocycles. The van der Waals surface area contributed by atoms with Crippen molar-refractivity contribution in [3.63, 3.8) is 0 Å². The minimum atomic E-state index is -0.443. The first-order valence-corrected chi connectivity index (χ1v) is 10.6. The number of rotatable bonds is 3. The van der Waals surface area contributed by atoms with Gasteiger partial charge in [0.2, 0.25) is 0 Å². The third kappa shape index (κ3) is 4.20. The first kappa shape index (κ1) is 20.0. The summed E-state index contributed by atoms with van der Waals surface area (Å²) in [7, 11) is 1.83. The van der Waals surface area contributed by atoms with E-state index >= 15 is 0 Å². The third-order valence-corrected chi connectivity index (χ3v) is 6.20. The van der Waals surface area contributed by atoms with Gasteiger partial charge in [-0.05, 0) is 57.6 Å². The number of aromatic nitrogens is 2. The molecule has 0 atom stereocenters. The standard InChI is InChI=1S/C22H32N4O3/c1-22(2,3)29-21(28)26-10-8-25(9-11-26)17-13-15(14-17)12-16-6-5-7-18-19(16)24(4)20(27)23-18/h5-7,15,17H,8-14H2,1-4H3,(H,23,27). The van der Waals surface area contributed by atoms with E-state index in [9.17, 15) is 9.59 Å². The number of hydrogen-bond acceptors (Lipinski definition) is 4. The summed E-state index contributed by atoms with van der Waals surface area (Å²) in [4.78, 5) is 31.4. The van der Waals surface area contributed by atoms with Crippen molar-refractivity contribution in [3.05, 3.63) is 34.2 Å². The van der Waals surface area contributed by atoms with Crippen LogP contribution in [0.25, 0.3) is 11.0 Å². The van der Waals surface area contributed by atoms with Crippen LogP contribution in [0.2, 0.25) is 0 Å². The number of hydrogen-bond donors (Lipinski definition) is 1. The third-order valence-electron chi connectivity index (χ3n) is 6.20. The number of amides is 1. The topological polar surface area (TPSA) is 70.6 Å². The molecule has 2 aromatic rings. The lowest BCUT2D eigenvalue weighted by molar-refractivity contribution is -0.00171. The Bertz CT molecular complexity index is 941. The Morgan fingerprint density at radius 2 is 1.86 bits per heavy atom. The summed E-state index contributed by atoms with van der Waals surface area (Å²) in [6, 6.07) is 6.74. The summed E-state index contributed by atoms with van der Waals surface area (Å²) >= 11 is 0. The molecule has 0 radical (unpaired) electrons. The van der Waals surface area contributed by atoms with Crippen LogP contribution in [0.15, 0.2) is 23.0 Å². The number of nitrogens with one attached hydrogen (secondary N) is 1. The monoisotopic (exact) mass is 400 g/mol. The van der Waals surface area contributed by atoms with E-state index in [1.807, 2.05) is 44.9 Å². The lowest BCUT2D eigenvalue weighted by atomic mass is 9.75. The molecule has 0 unspecified atom stereocenters. The van der Waals surface area contributed by atoms with Gasteiger partial charge in [-0.25, -0.2) is 9.59 Å². The highest BCUT2D eigenvalue weighted by atomic mass is 16.6. The normalized spacial score (nSPS) is 23.2. The van der Waals surface area contributed by atoms with Gasteiger partial charge in [-0.3, -0.25) is 9.47 Å². The number of imidazole rings is 1. The zero-order valence-electron chi connectivity index (χ0n) is 17.9. The van der Waals surface area contributed by atoms with E-state index in [0.29, 0.717) is 12.0 Å². The van der Waals surface area contributed by atoms with Crippen LogP contribution in [-0.2, 0) is 18.2 Å². The SMILES string of the molecule is Cn1c(=O)[nH]c2cccc(CC3CC(N4CCN(C(=O)OC(C)(C)C)CC4)C3)c21. The van der Waals surface area contributed by atoms with Crippen molar-refractivity contribution in [3.8, 4) is 0 Å². The molecule has 1 N–H and O–H groups in total. The number of carbonyl (C=O) groups excluding carboxylic acids is 1. The van der Waals surface area contributed by atoms with E-state index in [1.54, 1.807) is 4.57 Å². The van der Waals surface area contributed by atoms with Gasteiger partial charge < -0.3 is 14.6 Å².